The molecule has 0 aliphatic carbocycles. The van der Waals surface area contributed by atoms with Crippen LogP contribution in [0.2, 0.25) is 0 Å². The Bertz CT molecular complexity index is 150. The summed E-state index contributed by atoms with van der Waals surface area (Å²) in [7, 11) is 0. The average molecular weight is 129 g/mol. The topological polar surface area (TPSA) is 84.5 Å². The fraction of sp³-hybridized carbons (Fsp3) is 0.500. The van der Waals surface area contributed by atoms with E-state index in [1.165, 1.54) is 13.0 Å². The summed E-state index contributed by atoms with van der Waals surface area (Å²) in [4.78, 5) is 23.0. The lowest BCUT2D eigenvalue weighted by molar-refractivity contribution is -0.121. The van der Waals surface area contributed by atoms with Crippen molar-refractivity contribution < 1.29 is 9.59 Å². The fourth-order valence-electron chi connectivity index (χ4n) is 0.258. The smallest absolute Gasteiger partial charge is 0.259 e. The van der Waals surface area contributed by atoms with Gasteiger partial charge in [0, 0.05) is 0 Å². The number of carbonyl (C=O) groups excluding carboxylic acids is 2. The highest BCUT2D eigenvalue weighted by atomic mass is 16.2. The molecule has 0 rings (SSSR count). The van der Waals surface area contributed by atoms with Gasteiger partial charge in [0.15, 0.2) is 0 Å². The minimum absolute atomic E-state index is 0.502. The Balaban J connectivity index is 3.87. The lowest BCUT2D eigenvalue weighted by Crippen LogP contribution is -2.36. The molecule has 0 saturated carbocycles. The summed E-state index contributed by atoms with van der Waals surface area (Å²) in [6.45, 7) is 1.44. The van der Waals surface area contributed by atoms with Crippen LogP contribution in [-0.4, -0.2) is 18.0 Å². The molecule has 0 bridgehead atoms. The summed E-state index contributed by atoms with van der Waals surface area (Å²) in [5.41, 5.74) is 1.84. The molecule has 0 aliphatic heterocycles. The molecule has 0 aromatic heterocycles. The summed E-state index contributed by atoms with van der Waals surface area (Å²) >= 11 is 0. The number of carbonyl (C=O) groups is 1. The minimum Gasteiger partial charge on any atom is -0.292 e. The lowest BCUT2D eigenvalue weighted by atomic mass is 10.3. The summed E-state index contributed by atoms with van der Waals surface area (Å²) in [6, 6.07) is -0.743. The number of nitrogens with zero attached hydrogens (tertiary/aromatic N) is 1. The number of rotatable bonds is 2. The lowest BCUT2D eigenvalue weighted by Gasteiger charge is -1.98. The van der Waals surface area contributed by atoms with Crippen molar-refractivity contribution in [3.63, 3.8) is 0 Å². The Morgan fingerprint density at radius 3 is 2.78 bits per heavy atom. The summed E-state index contributed by atoms with van der Waals surface area (Å²) in [6.07, 6.45) is 1.24. The monoisotopic (exact) mass is 129 g/mol. The summed E-state index contributed by atoms with van der Waals surface area (Å²) in [5.74, 6) is 4.21. The van der Waals surface area contributed by atoms with E-state index >= 15 is 0 Å². The normalized spacial score (nSPS) is 11.3. The molecule has 50 valence electrons. The molecule has 0 aromatic carbocycles. The van der Waals surface area contributed by atoms with Gasteiger partial charge in [0.2, 0.25) is 6.08 Å². The van der Waals surface area contributed by atoms with Crippen LogP contribution in [0.1, 0.15) is 6.92 Å². The van der Waals surface area contributed by atoms with Crippen molar-refractivity contribution in [1.29, 1.82) is 0 Å². The summed E-state index contributed by atoms with van der Waals surface area (Å²) in [5, 5.41) is 0. The van der Waals surface area contributed by atoms with Gasteiger partial charge < -0.3 is 0 Å². The summed E-state index contributed by atoms with van der Waals surface area (Å²) < 4.78 is 0. The molecule has 0 aliphatic rings. The van der Waals surface area contributed by atoms with E-state index in [4.69, 9.17) is 5.84 Å². The zero-order chi connectivity index (χ0) is 7.28. The Labute approximate surface area is 51.9 Å². The maximum Gasteiger partial charge on any atom is 0.259 e. The van der Waals surface area contributed by atoms with Crippen molar-refractivity contribution in [2.24, 2.45) is 10.8 Å². The predicted octanol–water partition coefficient (Wildman–Crippen LogP) is -1.30. The average Bonchev–Trinajstić information content (AvgIpc) is 1.87. The van der Waals surface area contributed by atoms with Crippen molar-refractivity contribution in [3.8, 4) is 0 Å². The molecular weight excluding hydrogens is 122 g/mol. The number of aliphatic imine (C=N–C) groups is 1. The first-order chi connectivity index (χ1) is 4.22. The Morgan fingerprint density at radius 1 is 1.89 bits per heavy atom. The van der Waals surface area contributed by atoms with Crippen molar-refractivity contribution in [2.75, 3.05) is 0 Å². The molecule has 0 saturated heterocycles. The van der Waals surface area contributed by atoms with E-state index < -0.39 is 11.9 Å². The third kappa shape index (κ3) is 2.58. The van der Waals surface area contributed by atoms with Gasteiger partial charge in [-0.15, -0.1) is 0 Å². The van der Waals surface area contributed by atoms with Crippen LogP contribution in [0.3, 0.4) is 0 Å². The number of nitrogens with one attached hydrogen (secondary N) is 1. The maximum absolute atomic E-state index is 10.4. The van der Waals surface area contributed by atoms with Gasteiger partial charge in [-0.3, -0.25) is 10.2 Å². The molecule has 1 amide bonds. The molecule has 0 spiro atoms. The van der Waals surface area contributed by atoms with Crippen LogP contribution in [0, 0.1) is 0 Å². The molecule has 0 radical (unpaired) electrons. The van der Waals surface area contributed by atoms with Crippen LogP contribution in [0.5, 0.6) is 0 Å². The second-order valence-corrected chi connectivity index (χ2v) is 1.40. The number of hydrogen-bond acceptors (Lipinski definition) is 4. The maximum atomic E-state index is 10.4. The van der Waals surface area contributed by atoms with Crippen LogP contribution in [0.15, 0.2) is 4.99 Å². The van der Waals surface area contributed by atoms with Gasteiger partial charge in [0.05, 0.1) is 0 Å². The number of isocyanates is 1. The molecule has 5 heteroatoms. The van der Waals surface area contributed by atoms with E-state index in [1.54, 1.807) is 0 Å². The standard InChI is InChI=1S/C4H7N3O2/c1-3(6-2-8)4(9)7-5/h3H,5H2,1H3,(H,7,9)/t3-/m0/s1. The Kier molecular flexibility index (Phi) is 3.27. The minimum atomic E-state index is -0.743. The fourth-order valence-corrected chi connectivity index (χ4v) is 0.258. The van der Waals surface area contributed by atoms with Crippen LogP contribution in [0.25, 0.3) is 0 Å². The van der Waals surface area contributed by atoms with Crippen LogP contribution >= 0.6 is 0 Å². The molecule has 9 heavy (non-hydrogen) atoms. The van der Waals surface area contributed by atoms with E-state index in [-0.39, 0.29) is 0 Å². The third-order valence-electron chi connectivity index (χ3n) is 0.768. The van der Waals surface area contributed by atoms with Crippen molar-refractivity contribution in [2.45, 2.75) is 13.0 Å². The molecule has 3 N–H and O–H groups in total. The van der Waals surface area contributed by atoms with Crippen molar-refractivity contribution >= 4 is 12.0 Å². The van der Waals surface area contributed by atoms with E-state index in [2.05, 4.69) is 4.99 Å². The number of hydrazine groups is 1. The van der Waals surface area contributed by atoms with Gasteiger partial charge in [-0.2, -0.15) is 4.99 Å². The van der Waals surface area contributed by atoms with Gasteiger partial charge in [-0.1, -0.05) is 0 Å². The van der Waals surface area contributed by atoms with Crippen LogP contribution in [0.4, 0.5) is 0 Å². The highest BCUT2D eigenvalue weighted by Crippen LogP contribution is 1.83. The first kappa shape index (κ1) is 7.81. The predicted molar refractivity (Wildman–Crippen MR) is 29.9 cm³/mol. The first-order valence-corrected chi connectivity index (χ1v) is 2.29. The second-order valence-electron chi connectivity index (χ2n) is 1.40. The zero-order valence-electron chi connectivity index (χ0n) is 4.92. The zero-order valence-corrected chi connectivity index (χ0v) is 4.92. The molecular formula is C4H7N3O2. The molecule has 0 fully saturated rings. The second kappa shape index (κ2) is 3.77. The number of nitrogens with two attached hydrogens (primary N) is 1. The van der Waals surface area contributed by atoms with E-state index in [0.717, 1.165) is 0 Å². The van der Waals surface area contributed by atoms with Gasteiger partial charge in [0.1, 0.15) is 6.04 Å². The Hall–Kier alpha value is -1.19. The van der Waals surface area contributed by atoms with Gasteiger partial charge >= 0.3 is 0 Å². The van der Waals surface area contributed by atoms with Crippen molar-refractivity contribution in [1.82, 2.24) is 5.43 Å². The van der Waals surface area contributed by atoms with Gasteiger partial charge in [-0.05, 0) is 6.92 Å². The van der Waals surface area contributed by atoms with Gasteiger partial charge in [0.25, 0.3) is 5.91 Å². The molecule has 1 atom stereocenters. The van der Waals surface area contributed by atoms with E-state index in [9.17, 15) is 9.59 Å². The highest BCUT2D eigenvalue weighted by Gasteiger charge is 2.07. The molecule has 0 heterocycles. The SMILES string of the molecule is C[C@H](N=C=O)C(=O)NN. The molecule has 5 nitrogen and oxygen atoms in total. The Morgan fingerprint density at radius 2 is 2.44 bits per heavy atom. The largest absolute Gasteiger partial charge is 0.292 e. The van der Waals surface area contributed by atoms with Crippen LogP contribution in [-0.2, 0) is 9.59 Å². The van der Waals surface area contributed by atoms with Crippen LogP contribution < -0.4 is 11.3 Å². The first-order valence-electron chi connectivity index (χ1n) is 2.29. The quantitative estimate of drug-likeness (QED) is 0.160. The third-order valence-corrected chi connectivity index (χ3v) is 0.768. The molecule has 0 unspecified atom stereocenters. The molecule has 0 aromatic rings. The van der Waals surface area contributed by atoms with Gasteiger partial charge in [-0.25, -0.2) is 10.6 Å². The highest BCUT2D eigenvalue weighted by molar-refractivity contribution is 5.81. The number of hydrogen-bond donors (Lipinski definition) is 2. The number of amides is 1. The van der Waals surface area contributed by atoms with Crippen molar-refractivity contribution in [3.05, 3.63) is 0 Å². The van der Waals surface area contributed by atoms with E-state index in [1.807, 2.05) is 5.43 Å². The van der Waals surface area contributed by atoms with E-state index in [0.29, 0.717) is 0 Å².